The highest BCUT2D eigenvalue weighted by Crippen LogP contribution is 2.17. The van der Waals surface area contributed by atoms with Crippen LogP contribution in [0.2, 0.25) is 0 Å². The maximum atomic E-state index is 12.1. The quantitative estimate of drug-likeness (QED) is 0.858. The average molecular weight is 270 g/mol. The second-order valence-corrected chi connectivity index (χ2v) is 5.10. The van der Waals surface area contributed by atoms with Gasteiger partial charge in [-0.2, -0.15) is 5.10 Å². The molecule has 20 heavy (non-hydrogen) atoms. The molecule has 5 heteroatoms. The van der Waals surface area contributed by atoms with E-state index in [1.807, 2.05) is 24.3 Å². The maximum Gasteiger partial charge on any atom is 0.269 e. The zero-order chi connectivity index (χ0) is 13.9. The van der Waals surface area contributed by atoms with Crippen LogP contribution in [0.1, 0.15) is 18.4 Å². The fourth-order valence-corrected chi connectivity index (χ4v) is 2.53. The van der Waals surface area contributed by atoms with Gasteiger partial charge in [-0.05, 0) is 24.5 Å². The van der Waals surface area contributed by atoms with Crippen LogP contribution < -0.4 is 16.2 Å². The molecule has 5 nitrogen and oxygen atoms in total. The Balaban J connectivity index is 1.84. The van der Waals surface area contributed by atoms with Crippen LogP contribution in [0.25, 0.3) is 0 Å². The topological polar surface area (TPSA) is 64.2 Å². The molecule has 1 saturated heterocycles. The second-order valence-electron chi connectivity index (χ2n) is 5.10. The van der Waals surface area contributed by atoms with Crippen LogP contribution in [0.5, 0.6) is 0 Å². The summed E-state index contributed by atoms with van der Waals surface area (Å²) in [6.45, 7) is 2.43. The molecule has 2 N–H and O–H groups in total. The summed E-state index contributed by atoms with van der Waals surface area (Å²) >= 11 is 0. The number of rotatable bonds is 3. The van der Waals surface area contributed by atoms with E-state index in [4.69, 9.17) is 5.73 Å². The van der Waals surface area contributed by atoms with Gasteiger partial charge in [0.1, 0.15) is 0 Å². The van der Waals surface area contributed by atoms with E-state index in [-0.39, 0.29) is 5.56 Å². The summed E-state index contributed by atoms with van der Waals surface area (Å²) in [4.78, 5) is 14.3. The van der Waals surface area contributed by atoms with Crippen LogP contribution in [0.4, 0.5) is 11.4 Å². The number of nitrogen functional groups attached to an aromatic ring is 1. The molecule has 1 aromatic carbocycles. The van der Waals surface area contributed by atoms with Crippen molar-refractivity contribution in [3.63, 3.8) is 0 Å². The van der Waals surface area contributed by atoms with Crippen LogP contribution in [0, 0.1) is 0 Å². The van der Waals surface area contributed by atoms with Crippen molar-refractivity contribution >= 4 is 11.4 Å². The number of aromatic nitrogens is 2. The number of nitrogens with zero attached hydrogens (tertiary/aromatic N) is 3. The van der Waals surface area contributed by atoms with Crippen molar-refractivity contribution < 1.29 is 0 Å². The Morgan fingerprint density at radius 1 is 1.20 bits per heavy atom. The van der Waals surface area contributed by atoms with Crippen LogP contribution >= 0.6 is 0 Å². The molecule has 1 aromatic heterocycles. The number of anilines is 2. The molecular weight excluding hydrogens is 252 g/mol. The Bertz CT molecular complexity index is 659. The third kappa shape index (κ3) is 2.52. The lowest BCUT2D eigenvalue weighted by Crippen LogP contribution is -2.26. The lowest BCUT2D eigenvalue weighted by atomic mass is 10.2. The first-order valence-electron chi connectivity index (χ1n) is 6.89. The van der Waals surface area contributed by atoms with Crippen molar-refractivity contribution in [1.29, 1.82) is 0 Å². The highest BCUT2D eigenvalue weighted by Gasteiger charge is 2.13. The van der Waals surface area contributed by atoms with Gasteiger partial charge in [-0.3, -0.25) is 4.79 Å². The number of hydrogen-bond donors (Lipinski definition) is 1. The van der Waals surface area contributed by atoms with Crippen molar-refractivity contribution in [3.8, 4) is 0 Å². The number of hydrogen-bond acceptors (Lipinski definition) is 4. The second kappa shape index (κ2) is 5.36. The maximum absolute atomic E-state index is 12.1. The van der Waals surface area contributed by atoms with Gasteiger partial charge in [0.15, 0.2) is 0 Å². The molecule has 2 aromatic rings. The van der Waals surface area contributed by atoms with Gasteiger partial charge in [0.25, 0.3) is 5.56 Å². The van der Waals surface area contributed by atoms with Gasteiger partial charge in [0.05, 0.1) is 18.4 Å². The number of benzene rings is 1. The van der Waals surface area contributed by atoms with E-state index in [9.17, 15) is 4.79 Å². The van der Waals surface area contributed by atoms with E-state index in [0.717, 1.165) is 24.3 Å². The molecule has 0 amide bonds. The molecular formula is C15H18N4O. The van der Waals surface area contributed by atoms with Crippen LogP contribution in [0.3, 0.4) is 0 Å². The Labute approximate surface area is 117 Å². The predicted molar refractivity (Wildman–Crippen MR) is 79.9 cm³/mol. The van der Waals surface area contributed by atoms with Gasteiger partial charge in [0, 0.05) is 24.8 Å². The number of para-hydroxylation sites is 1. The average Bonchev–Trinajstić information content (AvgIpc) is 2.97. The molecule has 0 radical (unpaired) electrons. The third-order valence-corrected chi connectivity index (χ3v) is 3.70. The highest BCUT2D eigenvalue weighted by atomic mass is 16.1. The molecule has 3 rings (SSSR count). The Morgan fingerprint density at radius 2 is 1.95 bits per heavy atom. The van der Waals surface area contributed by atoms with Crippen molar-refractivity contribution in [3.05, 3.63) is 52.4 Å². The fourth-order valence-electron chi connectivity index (χ4n) is 2.53. The summed E-state index contributed by atoms with van der Waals surface area (Å²) in [6, 6.07) is 9.20. The monoisotopic (exact) mass is 270 g/mol. The zero-order valence-corrected chi connectivity index (χ0v) is 11.3. The molecule has 0 spiro atoms. The van der Waals surface area contributed by atoms with Crippen molar-refractivity contribution in [1.82, 2.24) is 9.78 Å². The zero-order valence-electron chi connectivity index (χ0n) is 11.3. The minimum atomic E-state index is -0.0855. The summed E-state index contributed by atoms with van der Waals surface area (Å²) in [6.07, 6.45) is 4.14. The molecule has 1 fully saturated rings. The van der Waals surface area contributed by atoms with Crippen LogP contribution in [-0.2, 0) is 6.54 Å². The van der Waals surface area contributed by atoms with Gasteiger partial charge in [-0.1, -0.05) is 18.2 Å². The van der Waals surface area contributed by atoms with Crippen LogP contribution in [0.15, 0.2) is 41.3 Å². The Hall–Kier alpha value is -2.30. The number of nitrogens with two attached hydrogens (primary N) is 1. The smallest absolute Gasteiger partial charge is 0.269 e. The lowest BCUT2D eigenvalue weighted by molar-refractivity contribution is 0.638. The van der Waals surface area contributed by atoms with Gasteiger partial charge < -0.3 is 10.6 Å². The summed E-state index contributed by atoms with van der Waals surface area (Å²) in [5, 5.41) is 4.27. The molecule has 2 heterocycles. The van der Waals surface area contributed by atoms with E-state index >= 15 is 0 Å². The van der Waals surface area contributed by atoms with Gasteiger partial charge in [-0.15, -0.1) is 0 Å². The van der Waals surface area contributed by atoms with Crippen molar-refractivity contribution in [2.24, 2.45) is 0 Å². The Kier molecular flexibility index (Phi) is 3.41. The van der Waals surface area contributed by atoms with Gasteiger partial charge in [0.2, 0.25) is 0 Å². The van der Waals surface area contributed by atoms with Gasteiger partial charge >= 0.3 is 0 Å². The van der Waals surface area contributed by atoms with E-state index in [2.05, 4.69) is 10.00 Å². The first kappa shape index (κ1) is 12.7. The largest absolute Gasteiger partial charge is 0.398 e. The lowest BCUT2D eigenvalue weighted by Gasteiger charge is -2.17. The summed E-state index contributed by atoms with van der Waals surface area (Å²) in [5.41, 5.74) is 8.33. The molecule has 0 bridgehead atoms. The summed E-state index contributed by atoms with van der Waals surface area (Å²) in [5.74, 6) is 0. The van der Waals surface area contributed by atoms with Gasteiger partial charge in [-0.25, -0.2) is 4.68 Å². The Morgan fingerprint density at radius 3 is 2.65 bits per heavy atom. The van der Waals surface area contributed by atoms with E-state index in [0.29, 0.717) is 12.2 Å². The van der Waals surface area contributed by atoms with E-state index < -0.39 is 0 Å². The third-order valence-electron chi connectivity index (χ3n) is 3.70. The normalized spacial score (nSPS) is 14.7. The van der Waals surface area contributed by atoms with E-state index in [1.165, 1.54) is 17.5 Å². The minimum Gasteiger partial charge on any atom is -0.398 e. The van der Waals surface area contributed by atoms with E-state index in [1.54, 1.807) is 12.3 Å². The molecule has 104 valence electrons. The molecule has 1 aliphatic rings. The first-order valence-corrected chi connectivity index (χ1v) is 6.89. The standard InChI is InChI=1S/C15H18N4O/c16-14-6-2-1-5-12(14)11-19-15(20)9-13(10-17-19)18-7-3-4-8-18/h1-2,5-6,9-10H,3-4,7-8,11,16H2. The predicted octanol–water partition coefficient (Wildman–Crippen LogP) is 1.47. The molecule has 0 unspecified atom stereocenters. The molecule has 0 atom stereocenters. The SMILES string of the molecule is Nc1ccccc1Cn1ncc(N2CCCC2)cc1=O. The minimum absolute atomic E-state index is 0.0855. The highest BCUT2D eigenvalue weighted by molar-refractivity contribution is 5.47. The fraction of sp³-hybridized carbons (Fsp3) is 0.333. The molecule has 1 aliphatic heterocycles. The van der Waals surface area contributed by atoms with Crippen molar-refractivity contribution in [2.75, 3.05) is 23.7 Å². The summed E-state index contributed by atoms with van der Waals surface area (Å²) < 4.78 is 1.45. The summed E-state index contributed by atoms with van der Waals surface area (Å²) in [7, 11) is 0. The molecule has 0 saturated carbocycles. The first-order chi connectivity index (χ1) is 9.74. The van der Waals surface area contributed by atoms with Crippen molar-refractivity contribution in [2.45, 2.75) is 19.4 Å². The van der Waals surface area contributed by atoms with Crippen LogP contribution in [-0.4, -0.2) is 22.9 Å². The molecule has 0 aliphatic carbocycles.